The summed E-state index contributed by atoms with van der Waals surface area (Å²) in [4.78, 5) is 37.3. The van der Waals surface area contributed by atoms with Crippen LogP contribution in [0.25, 0.3) is 17.0 Å². The second kappa shape index (κ2) is 9.55. The van der Waals surface area contributed by atoms with Crippen LogP contribution in [-0.4, -0.2) is 43.5 Å². The molecule has 0 atom stereocenters. The summed E-state index contributed by atoms with van der Waals surface area (Å²) in [6.45, 7) is -0.418. The number of carbonyl (C=O) groups excluding carboxylic acids is 3. The lowest BCUT2D eigenvalue weighted by atomic mass is 10.1. The maximum Gasteiger partial charge on any atom is 0.416 e. The number of hydrogen-bond acceptors (Lipinski definition) is 5. The average Bonchev–Trinajstić information content (AvgIpc) is 3.29. The number of hydrogen-bond donors (Lipinski definition) is 0. The molecule has 4 rings (SSSR count). The van der Waals surface area contributed by atoms with Crippen LogP contribution < -0.4 is 0 Å². The van der Waals surface area contributed by atoms with Crippen molar-refractivity contribution in [3.05, 3.63) is 69.2 Å². The third-order valence-corrected chi connectivity index (χ3v) is 6.79. The average molecular weight is 573 g/mol. The summed E-state index contributed by atoms with van der Waals surface area (Å²) in [7, 11) is 0. The van der Waals surface area contributed by atoms with Crippen molar-refractivity contribution in [2.24, 2.45) is 0 Å². The maximum atomic E-state index is 13.4. The van der Waals surface area contributed by atoms with Crippen molar-refractivity contribution < 1.29 is 27.6 Å². The molecule has 1 saturated heterocycles. The fraction of sp³-hybridized carbons (Fsp3) is 0.182. The second-order valence-corrected chi connectivity index (χ2v) is 9.35. The zero-order chi connectivity index (χ0) is 24.6. The number of imide groups is 1. The molecule has 0 saturated carbocycles. The number of aromatic nitrogens is 2. The Bertz CT molecular complexity index is 1360. The molecule has 176 valence electrons. The molecule has 6 nitrogen and oxygen atoms in total. The SMILES string of the molecule is O=C(CBr)CN1C(=O)S/C(=C\c2ccc3c(cnn3Cc3ccc(Cl)cc3C(F)(F)F)c2)C1=O. The van der Waals surface area contributed by atoms with Gasteiger partial charge in [0.25, 0.3) is 11.1 Å². The molecule has 34 heavy (non-hydrogen) atoms. The minimum Gasteiger partial charge on any atom is -0.297 e. The quantitative estimate of drug-likeness (QED) is 0.278. The number of rotatable bonds is 6. The number of nitrogens with zero attached hydrogens (tertiary/aromatic N) is 3. The van der Waals surface area contributed by atoms with Gasteiger partial charge in [-0.25, -0.2) is 0 Å². The minimum atomic E-state index is -4.56. The molecule has 1 aromatic heterocycles. The number of halogens is 5. The van der Waals surface area contributed by atoms with Gasteiger partial charge in [0.05, 0.1) is 40.6 Å². The van der Waals surface area contributed by atoms with E-state index in [1.165, 1.54) is 29.1 Å². The van der Waals surface area contributed by atoms with Crippen LogP contribution in [0.4, 0.5) is 18.0 Å². The monoisotopic (exact) mass is 571 g/mol. The molecule has 0 bridgehead atoms. The van der Waals surface area contributed by atoms with Crippen molar-refractivity contribution in [1.82, 2.24) is 14.7 Å². The maximum absolute atomic E-state index is 13.4. The smallest absolute Gasteiger partial charge is 0.297 e. The van der Waals surface area contributed by atoms with Gasteiger partial charge in [0.2, 0.25) is 0 Å². The van der Waals surface area contributed by atoms with Gasteiger partial charge in [-0.2, -0.15) is 18.3 Å². The van der Waals surface area contributed by atoms with Gasteiger partial charge in [-0.15, -0.1) is 0 Å². The molecule has 2 amide bonds. The predicted octanol–water partition coefficient (Wildman–Crippen LogP) is 5.76. The van der Waals surface area contributed by atoms with Crippen molar-refractivity contribution >= 4 is 73.2 Å². The Morgan fingerprint density at radius 3 is 2.65 bits per heavy atom. The largest absolute Gasteiger partial charge is 0.416 e. The van der Waals surface area contributed by atoms with Crippen molar-refractivity contribution in [2.45, 2.75) is 12.7 Å². The van der Waals surface area contributed by atoms with E-state index in [1.54, 1.807) is 18.2 Å². The van der Waals surface area contributed by atoms with Crippen LogP contribution in [0.3, 0.4) is 0 Å². The fourth-order valence-electron chi connectivity index (χ4n) is 3.44. The van der Waals surface area contributed by atoms with Crippen molar-refractivity contribution in [3.8, 4) is 0 Å². The first-order chi connectivity index (χ1) is 16.1. The molecule has 12 heteroatoms. The summed E-state index contributed by atoms with van der Waals surface area (Å²) in [6.07, 6.45) is -1.52. The van der Waals surface area contributed by atoms with Gasteiger partial charge < -0.3 is 0 Å². The van der Waals surface area contributed by atoms with E-state index in [9.17, 15) is 27.6 Å². The first kappa shape index (κ1) is 24.5. The van der Waals surface area contributed by atoms with Gasteiger partial charge in [0.1, 0.15) is 0 Å². The van der Waals surface area contributed by atoms with Crippen molar-refractivity contribution in [1.29, 1.82) is 0 Å². The van der Waals surface area contributed by atoms with E-state index in [1.807, 2.05) is 0 Å². The molecule has 0 unspecified atom stereocenters. The standard InChI is InChI=1S/C22H14BrClF3N3O3S/c23-8-16(31)11-29-20(32)19(34-21(29)33)6-12-1-4-18-14(5-12)9-28-30(18)10-13-2-3-15(24)7-17(13)22(25,26)27/h1-7,9H,8,10-11H2/b19-6-. The van der Waals surface area contributed by atoms with E-state index in [0.717, 1.165) is 22.7 Å². The zero-order valence-electron chi connectivity index (χ0n) is 17.1. The topological polar surface area (TPSA) is 72.3 Å². The van der Waals surface area contributed by atoms with Crippen LogP contribution in [0.15, 0.2) is 47.5 Å². The van der Waals surface area contributed by atoms with Crippen LogP contribution in [0.1, 0.15) is 16.7 Å². The Balaban J connectivity index is 1.60. The number of thioether (sulfide) groups is 1. The summed E-state index contributed by atoms with van der Waals surface area (Å²) in [5, 5.41) is 4.36. The molecule has 1 fully saturated rings. The van der Waals surface area contributed by atoms with Gasteiger partial charge in [-0.1, -0.05) is 39.7 Å². The molecule has 1 aliphatic rings. The number of Topliss-reactive ketones (excluding diaryl/α,β-unsaturated/α-hetero) is 1. The number of carbonyl (C=O) groups is 3. The number of alkyl halides is 4. The van der Waals surface area contributed by atoms with E-state index in [2.05, 4.69) is 21.0 Å². The van der Waals surface area contributed by atoms with Crippen LogP contribution >= 0.6 is 39.3 Å². The Morgan fingerprint density at radius 2 is 1.94 bits per heavy atom. The first-order valence-electron chi connectivity index (χ1n) is 9.71. The van der Waals surface area contributed by atoms with E-state index in [4.69, 9.17) is 11.6 Å². The van der Waals surface area contributed by atoms with Gasteiger partial charge >= 0.3 is 6.18 Å². The molecule has 0 aliphatic carbocycles. The fourth-order valence-corrected chi connectivity index (χ4v) is 4.63. The molecular formula is C22H14BrClF3N3O3S. The summed E-state index contributed by atoms with van der Waals surface area (Å²) in [6, 6.07) is 8.67. The number of fused-ring (bicyclic) bond motifs is 1. The molecule has 1 aliphatic heterocycles. The molecule has 2 heterocycles. The molecule has 3 aromatic rings. The third kappa shape index (κ3) is 5.06. The highest BCUT2D eigenvalue weighted by molar-refractivity contribution is 9.09. The lowest BCUT2D eigenvalue weighted by Gasteiger charge is -2.14. The highest BCUT2D eigenvalue weighted by atomic mass is 79.9. The van der Waals surface area contributed by atoms with E-state index in [0.29, 0.717) is 16.5 Å². The normalized spacial score (nSPS) is 15.7. The van der Waals surface area contributed by atoms with Crippen LogP contribution in [0, 0.1) is 0 Å². The highest BCUT2D eigenvalue weighted by Gasteiger charge is 2.36. The highest BCUT2D eigenvalue weighted by Crippen LogP contribution is 2.35. The number of amides is 2. The molecule has 0 spiro atoms. The number of benzene rings is 2. The second-order valence-electron chi connectivity index (χ2n) is 7.36. The molecule has 2 aromatic carbocycles. The predicted molar refractivity (Wildman–Crippen MR) is 127 cm³/mol. The van der Waals surface area contributed by atoms with Gasteiger partial charge in [0.15, 0.2) is 5.78 Å². The molecule has 0 N–H and O–H groups in total. The molecular weight excluding hydrogens is 559 g/mol. The lowest BCUT2D eigenvalue weighted by Crippen LogP contribution is -2.34. The third-order valence-electron chi connectivity index (χ3n) is 5.02. The summed E-state index contributed by atoms with van der Waals surface area (Å²) >= 11 is 9.49. The molecule has 0 radical (unpaired) electrons. The van der Waals surface area contributed by atoms with Crippen LogP contribution in [0.5, 0.6) is 0 Å². The zero-order valence-corrected chi connectivity index (χ0v) is 20.3. The Labute approximate surface area is 208 Å². The Kier molecular flexibility index (Phi) is 6.88. The van der Waals surface area contributed by atoms with E-state index in [-0.39, 0.29) is 39.7 Å². The van der Waals surface area contributed by atoms with Crippen molar-refractivity contribution in [3.63, 3.8) is 0 Å². The lowest BCUT2D eigenvalue weighted by molar-refractivity contribution is -0.138. The Morgan fingerprint density at radius 1 is 1.18 bits per heavy atom. The van der Waals surface area contributed by atoms with Gasteiger partial charge in [-0.05, 0) is 53.2 Å². The van der Waals surface area contributed by atoms with Crippen molar-refractivity contribution in [2.75, 3.05) is 11.9 Å². The van der Waals surface area contributed by atoms with E-state index >= 15 is 0 Å². The van der Waals surface area contributed by atoms with E-state index < -0.39 is 22.9 Å². The minimum absolute atomic E-state index is 0.00739. The van der Waals surface area contributed by atoms with Gasteiger partial charge in [-0.3, -0.25) is 24.0 Å². The van der Waals surface area contributed by atoms with Crippen LogP contribution in [0.2, 0.25) is 5.02 Å². The summed E-state index contributed by atoms with van der Waals surface area (Å²) in [5.74, 6) is -0.853. The Hall–Kier alpha value is -2.63. The summed E-state index contributed by atoms with van der Waals surface area (Å²) in [5.41, 5.74) is 0.398. The van der Waals surface area contributed by atoms with Crippen LogP contribution in [-0.2, 0) is 22.3 Å². The first-order valence-corrected chi connectivity index (χ1v) is 12.0. The number of ketones is 1. The van der Waals surface area contributed by atoms with Gasteiger partial charge in [0, 0.05) is 10.4 Å². The summed E-state index contributed by atoms with van der Waals surface area (Å²) < 4.78 is 41.7.